The van der Waals surface area contributed by atoms with Crippen molar-refractivity contribution in [2.75, 3.05) is 0 Å². The predicted molar refractivity (Wildman–Crippen MR) is 84.1 cm³/mol. The molecule has 0 aliphatic carbocycles. The highest BCUT2D eigenvalue weighted by molar-refractivity contribution is 9.10. The molecule has 0 atom stereocenters. The van der Waals surface area contributed by atoms with E-state index >= 15 is 0 Å². The first-order valence-electron chi connectivity index (χ1n) is 6.09. The average Bonchev–Trinajstić information content (AvgIpc) is 3.16. The number of benzene rings is 1. The Kier molecular flexibility index (Phi) is 4.42. The van der Waals surface area contributed by atoms with Crippen LogP contribution in [0.4, 0.5) is 0 Å². The van der Waals surface area contributed by atoms with Crippen LogP contribution in [0.3, 0.4) is 0 Å². The number of rotatable bonds is 5. The Balaban J connectivity index is 1.58. The molecule has 3 aromatic rings. The fourth-order valence-corrected chi connectivity index (χ4v) is 2.62. The molecule has 0 bridgehead atoms. The van der Waals surface area contributed by atoms with Crippen LogP contribution in [0.1, 0.15) is 11.5 Å². The second-order valence-corrected chi connectivity index (χ2v) is 5.82. The highest BCUT2D eigenvalue weighted by Gasteiger charge is 2.09. The molecule has 0 aliphatic rings. The number of hydrogen-bond donors (Lipinski definition) is 0. The van der Waals surface area contributed by atoms with Crippen molar-refractivity contribution in [1.29, 1.82) is 0 Å². The Morgan fingerprint density at radius 1 is 1.29 bits per heavy atom. The summed E-state index contributed by atoms with van der Waals surface area (Å²) in [6.45, 7) is 0.138. The molecular weight excluding hydrogens is 354 g/mol. The van der Waals surface area contributed by atoms with Crippen molar-refractivity contribution in [2.24, 2.45) is 5.16 Å². The highest BCUT2D eigenvalue weighted by atomic mass is 79.9. The van der Waals surface area contributed by atoms with E-state index in [0.29, 0.717) is 11.7 Å². The zero-order valence-electron chi connectivity index (χ0n) is 10.8. The van der Waals surface area contributed by atoms with Crippen LogP contribution in [0.5, 0.6) is 0 Å². The monoisotopic (exact) mass is 363 g/mol. The van der Waals surface area contributed by atoms with Crippen molar-refractivity contribution in [2.45, 2.75) is 6.61 Å². The minimum absolute atomic E-state index is 0.138. The van der Waals surface area contributed by atoms with Gasteiger partial charge < -0.3 is 9.36 Å². The summed E-state index contributed by atoms with van der Waals surface area (Å²) in [5.41, 5.74) is 0.933. The summed E-state index contributed by atoms with van der Waals surface area (Å²) in [6, 6.07) is 11.6. The van der Waals surface area contributed by atoms with E-state index in [1.54, 1.807) is 17.6 Å². The summed E-state index contributed by atoms with van der Waals surface area (Å²) >= 11 is 4.99. The van der Waals surface area contributed by atoms with Gasteiger partial charge in [0.15, 0.2) is 6.61 Å². The molecule has 2 aromatic heterocycles. The molecule has 0 spiro atoms. The number of oxime groups is 1. The van der Waals surface area contributed by atoms with Gasteiger partial charge in [0, 0.05) is 10.0 Å². The topological polar surface area (TPSA) is 60.5 Å². The van der Waals surface area contributed by atoms with Gasteiger partial charge in [-0.05, 0) is 17.5 Å². The van der Waals surface area contributed by atoms with Crippen molar-refractivity contribution >= 4 is 33.5 Å². The molecule has 7 heteroatoms. The first-order valence-corrected chi connectivity index (χ1v) is 7.76. The van der Waals surface area contributed by atoms with E-state index in [2.05, 4.69) is 31.2 Å². The lowest BCUT2D eigenvalue weighted by Crippen LogP contribution is -1.89. The van der Waals surface area contributed by atoms with Crippen molar-refractivity contribution in [3.8, 4) is 10.7 Å². The zero-order valence-corrected chi connectivity index (χ0v) is 13.2. The van der Waals surface area contributed by atoms with Crippen LogP contribution in [0.15, 0.2) is 55.9 Å². The first kappa shape index (κ1) is 14.0. The van der Waals surface area contributed by atoms with Gasteiger partial charge in [0.2, 0.25) is 5.82 Å². The summed E-state index contributed by atoms with van der Waals surface area (Å²) in [4.78, 5) is 10.4. The average molecular weight is 364 g/mol. The van der Waals surface area contributed by atoms with Gasteiger partial charge in [-0.1, -0.05) is 50.5 Å². The molecule has 2 heterocycles. The molecule has 0 unspecified atom stereocenters. The Bertz CT molecular complexity index is 740. The van der Waals surface area contributed by atoms with E-state index in [9.17, 15) is 0 Å². The van der Waals surface area contributed by atoms with Crippen LogP contribution in [-0.2, 0) is 11.4 Å². The van der Waals surface area contributed by atoms with E-state index in [1.165, 1.54) is 0 Å². The number of thiophene rings is 1. The first-order chi connectivity index (χ1) is 10.3. The fourth-order valence-electron chi connectivity index (χ4n) is 1.59. The van der Waals surface area contributed by atoms with Gasteiger partial charge in [-0.2, -0.15) is 4.98 Å². The lowest BCUT2D eigenvalue weighted by atomic mass is 10.2. The molecule has 0 N–H and O–H groups in total. The van der Waals surface area contributed by atoms with Crippen LogP contribution in [0.25, 0.3) is 10.7 Å². The molecule has 0 amide bonds. The van der Waals surface area contributed by atoms with Crippen molar-refractivity contribution in [3.63, 3.8) is 0 Å². The molecule has 0 radical (unpaired) electrons. The largest absolute Gasteiger partial charge is 0.386 e. The van der Waals surface area contributed by atoms with E-state index in [1.807, 2.05) is 41.8 Å². The predicted octanol–water partition coefficient (Wildman–Crippen LogP) is 4.11. The minimum Gasteiger partial charge on any atom is -0.386 e. The SMILES string of the molecule is Brc1ccccc1/C=N\OCc1nc(-c2cccs2)no1. The Morgan fingerprint density at radius 2 is 2.19 bits per heavy atom. The van der Waals surface area contributed by atoms with Gasteiger partial charge in [-0.3, -0.25) is 0 Å². The number of hydrogen-bond acceptors (Lipinski definition) is 6. The van der Waals surface area contributed by atoms with Gasteiger partial charge in [-0.25, -0.2) is 0 Å². The number of aromatic nitrogens is 2. The van der Waals surface area contributed by atoms with Gasteiger partial charge in [-0.15, -0.1) is 11.3 Å². The van der Waals surface area contributed by atoms with E-state index in [-0.39, 0.29) is 6.61 Å². The van der Waals surface area contributed by atoms with Crippen LogP contribution in [0, 0.1) is 0 Å². The zero-order chi connectivity index (χ0) is 14.5. The minimum atomic E-state index is 0.138. The van der Waals surface area contributed by atoms with E-state index in [4.69, 9.17) is 9.36 Å². The molecule has 0 saturated carbocycles. The molecule has 106 valence electrons. The molecule has 0 fully saturated rings. The molecular formula is C14H10BrN3O2S. The highest BCUT2D eigenvalue weighted by Crippen LogP contribution is 2.21. The molecule has 0 saturated heterocycles. The molecule has 5 nitrogen and oxygen atoms in total. The third-order valence-electron chi connectivity index (χ3n) is 2.57. The third-order valence-corrected chi connectivity index (χ3v) is 4.16. The third kappa shape index (κ3) is 3.56. The normalized spacial score (nSPS) is 11.1. The van der Waals surface area contributed by atoms with Crippen LogP contribution >= 0.6 is 27.3 Å². The number of nitrogens with zero attached hydrogens (tertiary/aromatic N) is 3. The molecule has 0 aliphatic heterocycles. The van der Waals surface area contributed by atoms with Gasteiger partial charge in [0.25, 0.3) is 5.89 Å². The van der Waals surface area contributed by atoms with E-state index < -0.39 is 0 Å². The van der Waals surface area contributed by atoms with Crippen molar-refractivity contribution in [3.05, 3.63) is 57.7 Å². The second-order valence-electron chi connectivity index (χ2n) is 4.02. The molecule has 3 rings (SSSR count). The number of halogens is 1. The Hall–Kier alpha value is -1.99. The fraction of sp³-hybridized carbons (Fsp3) is 0.0714. The van der Waals surface area contributed by atoms with Crippen LogP contribution in [-0.4, -0.2) is 16.4 Å². The second kappa shape index (κ2) is 6.64. The molecule has 21 heavy (non-hydrogen) atoms. The maximum Gasteiger partial charge on any atom is 0.267 e. The standard InChI is InChI=1S/C14H10BrN3O2S/c15-11-5-2-1-4-10(11)8-16-19-9-13-17-14(18-20-13)12-6-3-7-21-12/h1-8H,9H2/b16-8-. The van der Waals surface area contributed by atoms with Gasteiger partial charge in [0.1, 0.15) is 0 Å². The Labute approximate surface area is 133 Å². The maximum absolute atomic E-state index is 5.17. The van der Waals surface area contributed by atoms with E-state index in [0.717, 1.165) is 14.9 Å². The van der Waals surface area contributed by atoms with Crippen LogP contribution < -0.4 is 0 Å². The summed E-state index contributed by atoms with van der Waals surface area (Å²) in [5.74, 6) is 0.959. The lowest BCUT2D eigenvalue weighted by molar-refractivity contribution is 0.107. The van der Waals surface area contributed by atoms with Gasteiger partial charge in [0.05, 0.1) is 11.1 Å². The molecule has 1 aromatic carbocycles. The maximum atomic E-state index is 5.17. The van der Waals surface area contributed by atoms with Crippen LogP contribution in [0.2, 0.25) is 0 Å². The summed E-state index contributed by atoms with van der Waals surface area (Å²) in [6.07, 6.45) is 1.63. The summed E-state index contributed by atoms with van der Waals surface area (Å²) in [7, 11) is 0. The summed E-state index contributed by atoms with van der Waals surface area (Å²) < 4.78 is 6.06. The van der Waals surface area contributed by atoms with Crippen molar-refractivity contribution < 1.29 is 9.36 Å². The quantitative estimate of drug-likeness (QED) is 0.505. The smallest absolute Gasteiger partial charge is 0.267 e. The van der Waals surface area contributed by atoms with Gasteiger partial charge >= 0.3 is 0 Å². The summed E-state index contributed by atoms with van der Waals surface area (Å²) in [5, 5.41) is 9.75. The lowest BCUT2D eigenvalue weighted by Gasteiger charge is -1.96. The van der Waals surface area contributed by atoms with Crippen molar-refractivity contribution in [1.82, 2.24) is 10.1 Å². The Morgan fingerprint density at radius 3 is 3.00 bits per heavy atom.